The Hall–Kier alpha value is -1.67. The third-order valence-electron chi connectivity index (χ3n) is 2.71. The van der Waals surface area contributed by atoms with E-state index in [0.29, 0.717) is 37.2 Å². The number of rotatable bonds is 8. The van der Waals surface area contributed by atoms with Crippen molar-refractivity contribution < 1.29 is 18.1 Å². The van der Waals surface area contributed by atoms with Crippen molar-refractivity contribution in [1.82, 2.24) is 0 Å². The van der Waals surface area contributed by atoms with Crippen LogP contribution in [0.25, 0.3) is 0 Å². The molecule has 0 aliphatic rings. The van der Waals surface area contributed by atoms with Gasteiger partial charge in [-0.05, 0) is 38.3 Å². The van der Waals surface area contributed by atoms with Gasteiger partial charge in [0.2, 0.25) is 10.0 Å². The van der Waals surface area contributed by atoms with Gasteiger partial charge in [-0.15, -0.1) is 0 Å². The van der Waals surface area contributed by atoms with Gasteiger partial charge in [0.15, 0.2) is 0 Å². The summed E-state index contributed by atoms with van der Waals surface area (Å²) in [6.45, 7) is 2.08. The molecule has 0 radical (unpaired) electrons. The molecule has 20 heavy (non-hydrogen) atoms. The summed E-state index contributed by atoms with van der Waals surface area (Å²) in [4.78, 5) is 10.2. The fourth-order valence-electron chi connectivity index (χ4n) is 1.69. The topological polar surface area (TPSA) is 113 Å². The lowest BCUT2D eigenvalue weighted by Gasteiger charge is -2.07. The van der Waals surface area contributed by atoms with Crippen molar-refractivity contribution in [2.24, 2.45) is 5.14 Å². The maximum Gasteiger partial charge on any atom is 0.272 e. The van der Waals surface area contributed by atoms with Crippen LogP contribution >= 0.6 is 0 Å². The maximum absolute atomic E-state index is 10.7. The maximum atomic E-state index is 10.7. The summed E-state index contributed by atoms with van der Waals surface area (Å²) in [6, 6.07) is 4.57. The second kappa shape index (κ2) is 7.20. The number of benzene rings is 1. The first kappa shape index (κ1) is 16.4. The highest BCUT2D eigenvalue weighted by Crippen LogP contribution is 2.23. The summed E-state index contributed by atoms with van der Waals surface area (Å²) in [6.07, 6.45) is 1.90. The molecule has 8 heteroatoms. The van der Waals surface area contributed by atoms with Crippen molar-refractivity contribution in [2.75, 3.05) is 12.4 Å². The number of nitro groups is 1. The van der Waals surface area contributed by atoms with Crippen molar-refractivity contribution in [1.29, 1.82) is 0 Å². The molecule has 1 aromatic carbocycles. The number of hydrogen-bond acceptors (Lipinski definition) is 5. The van der Waals surface area contributed by atoms with Crippen molar-refractivity contribution in [2.45, 2.75) is 26.2 Å². The van der Waals surface area contributed by atoms with Gasteiger partial charge in [0.05, 0.1) is 17.3 Å². The third kappa shape index (κ3) is 5.98. The number of nitrogens with zero attached hydrogens (tertiary/aromatic N) is 1. The molecule has 0 unspecified atom stereocenters. The number of nitro benzene ring substituents is 1. The number of ether oxygens (including phenoxy) is 1. The molecule has 7 nitrogen and oxygen atoms in total. The molecule has 0 heterocycles. The summed E-state index contributed by atoms with van der Waals surface area (Å²) in [5, 5.41) is 15.5. The predicted molar refractivity (Wildman–Crippen MR) is 75.2 cm³/mol. The van der Waals surface area contributed by atoms with Gasteiger partial charge in [-0.25, -0.2) is 13.6 Å². The summed E-state index contributed by atoms with van der Waals surface area (Å²) in [7, 11) is -3.39. The Morgan fingerprint density at radius 3 is 2.55 bits per heavy atom. The molecule has 2 N–H and O–H groups in total. The van der Waals surface area contributed by atoms with E-state index < -0.39 is 14.9 Å². The van der Waals surface area contributed by atoms with Crippen LogP contribution in [0.15, 0.2) is 18.2 Å². The van der Waals surface area contributed by atoms with E-state index in [0.717, 1.165) is 0 Å². The fraction of sp³-hybridized carbons (Fsp3) is 0.500. The molecular formula is C12H18N2O5S. The largest absolute Gasteiger partial charge is 0.494 e. The SMILES string of the molecule is Cc1cc(OCCCCCS(N)(=O)=O)ccc1[N+](=O)[O-]. The van der Waals surface area contributed by atoms with E-state index in [1.54, 1.807) is 19.1 Å². The van der Waals surface area contributed by atoms with Gasteiger partial charge in [-0.3, -0.25) is 10.1 Å². The van der Waals surface area contributed by atoms with E-state index in [9.17, 15) is 18.5 Å². The number of aryl methyl sites for hydroxylation is 1. The average molecular weight is 302 g/mol. The number of sulfonamides is 1. The van der Waals surface area contributed by atoms with Crippen LogP contribution < -0.4 is 9.88 Å². The Bertz CT molecular complexity index is 571. The summed E-state index contributed by atoms with van der Waals surface area (Å²) in [5.41, 5.74) is 0.604. The van der Waals surface area contributed by atoms with Gasteiger partial charge in [0.1, 0.15) is 5.75 Å². The van der Waals surface area contributed by atoms with Crippen LogP contribution in [0, 0.1) is 17.0 Å². The van der Waals surface area contributed by atoms with E-state index in [-0.39, 0.29) is 11.4 Å². The van der Waals surface area contributed by atoms with Gasteiger partial charge >= 0.3 is 0 Å². The lowest BCUT2D eigenvalue weighted by Crippen LogP contribution is -2.16. The van der Waals surface area contributed by atoms with Gasteiger partial charge in [-0.2, -0.15) is 0 Å². The van der Waals surface area contributed by atoms with Crippen LogP contribution in [-0.2, 0) is 10.0 Å². The number of hydrogen-bond donors (Lipinski definition) is 1. The molecule has 0 aliphatic carbocycles. The van der Waals surface area contributed by atoms with Crippen molar-refractivity contribution in [3.05, 3.63) is 33.9 Å². The monoisotopic (exact) mass is 302 g/mol. The zero-order valence-electron chi connectivity index (χ0n) is 11.2. The first-order valence-electron chi connectivity index (χ1n) is 6.18. The van der Waals surface area contributed by atoms with Crippen LogP contribution in [0.3, 0.4) is 0 Å². The molecule has 0 aromatic heterocycles. The van der Waals surface area contributed by atoms with Crippen LogP contribution in [0.1, 0.15) is 24.8 Å². The molecule has 0 saturated heterocycles. The smallest absolute Gasteiger partial charge is 0.272 e. The molecular weight excluding hydrogens is 284 g/mol. The molecule has 0 fully saturated rings. The lowest BCUT2D eigenvalue weighted by molar-refractivity contribution is -0.385. The summed E-state index contributed by atoms with van der Waals surface area (Å²) in [5.74, 6) is 0.545. The van der Waals surface area contributed by atoms with Gasteiger partial charge in [0, 0.05) is 11.6 Å². The summed E-state index contributed by atoms with van der Waals surface area (Å²) >= 11 is 0. The zero-order valence-corrected chi connectivity index (χ0v) is 12.1. The van der Waals surface area contributed by atoms with Crippen LogP contribution in [0.4, 0.5) is 5.69 Å². The van der Waals surface area contributed by atoms with E-state index >= 15 is 0 Å². The standard InChI is InChI=1S/C12H18N2O5S/c1-10-9-11(5-6-12(10)14(15)16)19-7-3-2-4-8-20(13,17)18/h5-6,9H,2-4,7-8H2,1H3,(H2,13,17,18). The predicted octanol–water partition coefficient (Wildman–Crippen LogP) is 1.74. The molecule has 0 aliphatic heterocycles. The van der Waals surface area contributed by atoms with Crippen molar-refractivity contribution in [3.8, 4) is 5.75 Å². The van der Waals surface area contributed by atoms with E-state index in [1.165, 1.54) is 6.07 Å². The number of primary sulfonamides is 1. The zero-order chi connectivity index (χ0) is 15.2. The molecule has 0 amide bonds. The van der Waals surface area contributed by atoms with Gasteiger partial charge < -0.3 is 4.74 Å². The highest BCUT2D eigenvalue weighted by atomic mass is 32.2. The lowest BCUT2D eigenvalue weighted by atomic mass is 10.2. The number of unbranched alkanes of at least 4 members (excludes halogenated alkanes) is 2. The first-order valence-corrected chi connectivity index (χ1v) is 7.89. The highest BCUT2D eigenvalue weighted by molar-refractivity contribution is 7.89. The quantitative estimate of drug-likeness (QED) is 0.446. The van der Waals surface area contributed by atoms with Crippen LogP contribution in [0.5, 0.6) is 5.75 Å². The molecule has 1 rings (SSSR count). The minimum Gasteiger partial charge on any atom is -0.494 e. The Kier molecular flexibility index (Phi) is 5.90. The van der Waals surface area contributed by atoms with Gasteiger partial charge in [0.25, 0.3) is 5.69 Å². The Morgan fingerprint density at radius 2 is 2.00 bits per heavy atom. The summed E-state index contributed by atoms with van der Waals surface area (Å²) < 4.78 is 26.9. The van der Waals surface area contributed by atoms with E-state index in [2.05, 4.69) is 0 Å². The molecule has 1 aromatic rings. The average Bonchev–Trinajstić information content (AvgIpc) is 2.32. The fourth-order valence-corrected chi connectivity index (χ4v) is 2.30. The Morgan fingerprint density at radius 1 is 1.30 bits per heavy atom. The Labute approximate surface area is 117 Å². The normalized spacial score (nSPS) is 11.3. The molecule has 0 bridgehead atoms. The highest BCUT2D eigenvalue weighted by Gasteiger charge is 2.10. The third-order valence-corrected chi connectivity index (χ3v) is 3.56. The van der Waals surface area contributed by atoms with Crippen molar-refractivity contribution >= 4 is 15.7 Å². The first-order chi connectivity index (χ1) is 9.29. The van der Waals surface area contributed by atoms with Crippen LogP contribution in [0.2, 0.25) is 0 Å². The second-order valence-corrected chi connectivity index (χ2v) is 6.22. The molecule has 0 spiro atoms. The van der Waals surface area contributed by atoms with Crippen molar-refractivity contribution in [3.63, 3.8) is 0 Å². The molecule has 0 saturated carbocycles. The van der Waals surface area contributed by atoms with E-state index in [4.69, 9.17) is 9.88 Å². The number of nitrogens with two attached hydrogens (primary N) is 1. The second-order valence-electron chi connectivity index (χ2n) is 4.48. The van der Waals surface area contributed by atoms with Crippen LogP contribution in [-0.4, -0.2) is 25.7 Å². The minimum absolute atomic E-state index is 0.0242. The molecule has 0 atom stereocenters. The Balaban J connectivity index is 2.33. The molecule has 112 valence electrons. The minimum atomic E-state index is -3.39. The van der Waals surface area contributed by atoms with Gasteiger partial charge in [-0.1, -0.05) is 0 Å². The van der Waals surface area contributed by atoms with E-state index in [1.807, 2.05) is 0 Å².